The van der Waals surface area contributed by atoms with Gasteiger partial charge in [-0.15, -0.1) is 0 Å². The fourth-order valence-electron chi connectivity index (χ4n) is 4.02. The lowest BCUT2D eigenvalue weighted by molar-refractivity contribution is -0.112. The van der Waals surface area contributed by atoms with E-state index < -0.39 is 5.91 Å². The summed E-state index contributed by atoms with van der Waals surface area (Å²) in [6.45, 7) is 2.07. The van der Waals surface area contributed by atoms with E-state index in [1.165, 1.54) is 13.3 Å². The standard InChI is InChI=1S/C23H24N8O3/c1-12-19-20(28-31(3)27-19)14-6-5-7-16(21(14)30(12)2)25-17-10-18(26-22(32)13-8-9-13)24-11-15(17)23(33)29-34-4/h5-8,10-12H,9H2,1-4H3,(H,29,33)(H2,24,25,26,32)/t12-/m0/s1. The number of hydrogen-bond acceptors (Lipinski definition) is 8. The van der Waals surface area contributed by atoms with Crippen molar-refractivity contribution in [2.45, 2.75) is 19.4 Å². The van der Waals surface area contributed by atoms with E-state index in [2.05, 4.69) is 43.1 Å². The third kappa shape index (κ3) is 3.75. The third-order valence-electron chi connectivity index (χ3n) is 5.91. The fourth-order valence-corrected chi connectivity index (χ4v) is 4.02. The minimum atomic E-state index is -0.469. The molecule has 1 aliphatic carbocycles. The number of hydroxylamine groups is 1. The van der Waals surface area contributed by atoms with E-state index >= 15 is 0 Å². The molecule has 34 heavy (non-hydrogen) atoms. The van der Waals surface area contributed by atoms with Gasteiger partial charge in [-0.3, -0.25) is 14.4 Å². The van der Waals surface area contributed by atoms with Gasteiger partial charge in [0.05, 0.1) is 35.8 Å². The molecule has 1 aromatic carbocycles. The van der Waals surface area contributed by atoms with Gasteiger partial charge < -0.3 is 15.5 Å². The Hall–Kier alpha value is -4.25. The molecule has 0 spiro atoms. The Kier molecular flexibility index (Phi) is 5.25. The van der Waals surface area contributed by atoms with Crippen LogP contribution in [0.3, 0.4) is 0 Å². The molecule has 11 nitrogen and oxygen atoms in total. The Morgan fingerprint density at radius 1 is 1.15 bits per heavy atom. The summed E-state index contributed by atoms with van der Waals surface area (Å²) in [5.74, 6) is -0.339. The summed E-state index contributed by atoms with van der Waals surface area (Å²) in [5, 5.41) is 15.2. The molecular weight excluding hydrogens is 436 g/mol. The maximum atomic E-state index is 12.6. The molecule has 2 aliphatic rings. The topological polar surface area (TPSA) is 126 Å². The van der Waals surface area contributed by atoms with Crippen LogP contribution < -0.4 is 21.0 Å². The zero-order valence-electron chi connectivity index (χ0n) is 19.2. The van der Waals surface area contributed by atoms with Crippen molar-refractivity contribution in [3.8, 4) is 11.3 Å². The predicted octanol–water partition coefficient (Wildman–Crippen LogP) is 2.69. The Balaban J connectivity index is 1.57. The SMILES string of the molecule is CONC(=O)c1cnc(NC(=O)C2=CC2)cc1Nc1cccc2c1N(C)[C@@H](C)c1nn(C)nc1-2. The molecular formula is C23H24N8O3. The molecule has 0 bridgehead atoms. The van der Waals surface area contributed by atoms with Crippen molar-refractivity contribution in [1.29, 1.82) is 0 Å². The van der Waals surface area contributed by atoms with Gasteiger partial charge in [-0.2, -0.15) is 15.0 Å². The quantitative estimate of drug-likeness (QED) is 0.480. The van der Waals surface area contributed by atoms with Gasteiger partial charge in [-0.25, -0.2) is 10.5 Å². The molecule has 0 saturated heterocycles. The van der Waals surface area contributed by atoms with Crippen molar-refractivity contribution in [1.82, 2.24) is 25.5 Å². The number of aryl methyl sites for hydroxylation is 1. The van der Waals surface area contributed by atoms with Gasteiger partial charge in [0.15, 0.2) is 0 Å². The summed E-state index contributed by atoms with van der Waals surface area (Å²) in [6, 6.07) is 7.47. The lowest BCUT2D eigenvalue weighted by Gasteiger charge is -2.34. The minimum absolute atomic E-state index is 0.00508. The van der Waals surface area contributed by atoms with Crippen LogP contribution in [0.1, 0.15) is 35.4 Å². The number of anilines is 4. The van der Waals surface area contributed by atoms with Gasteiger partial charge in [0.2, 0.25) is 0 Å². The summed E-state index contributed by atoms with van der Waals surface area (Å²) in [6.07, 6.45) is 3.91. The van der Waals surface area contributed by atoms with Crippen LogP contribution in [-0.4, -0.2) is 45.9 Å². The molecule has 3 N–H and O–H groups in total. The average molecular weight is 460 g/mol. The van der Waals surface area contributed by atoms with E-state index in [-0.39, 0.29) is 17.5 Å². The maximum Gasteiger partial charge on any atom is 0.278 e. The Bertz CT molecular complexity index is 1350. The summed E-state index contributed by atoms with van der Waals surface area (Å²) in [4.78, 5) is 37.6. The highest BCUT2D eigenvalue weighted by molar-refractivity contribution is 6.07. The first-order valence-corrected chi connectivity index (χ1v) is 10.8. The molecule has 0 unspecified atom stereocenters. The van der Waals surface area contributed by atoms with E-state index in [1.807, 2.05) is 31.3 Å². The molecule has 3 aromatic rings. The number of nitrogens with one attached hydrogen (secondary N) is 3. The Labute approximate surface area is 195 Å². The van der Waals surface area contributed by atoms with E-state index in [1.54, 1.807) is 17.9 Å². The minimum Gasteiger partial charge on any atom is -0.364 e. The smallest absolute Gasteiger partial charge is 0.278 e. The molecule has 1 atom stereocenters. The first-order chi connectivity index (χ1) is 16.4. The normalized spacial score (nSPS) is 15.7. The van der Waals surface area contributed by atoms with Crippen molar-refractivity contribution < 1.29 is 14.4 Å². The second-order valence-corrected chi connectivity index (χ2v) is 8.17. The van der Waals surface area contributed by atoms with Crippen molar-refractivity contribution in [3.05, 3.63) is 53.4 Å². The van der Waals surface area contributed by atoms with Gasteiger partial charge in [0.25, 0.3) is 11.8 Å². The monoisotopic (exact) mass is 460 g/mol. The number of pyridine rings is 1. The second kappa shape index (κ2) is 8.27. The predicted molar refractivity (Wildman–Crippen MR) is 127 cm³/mol. The van der Waals surface area contributed by atoms with Gasteiger partial charge in [-0.1, -0.05) is 18.2 Å². The largest absolute Gasteiger partial charge is 0.364 e. The van der Waals surface area contributed by atoms with Crippen molar-refractivity contribution in [2.24, 2.45) is 7.05 Å². The van der Waals surface area contributed by atoms with E-state index in [9.17, 15) is 9.59 Å². The first kappa shape index (κ1) is 21.6. The van der Waals surface area contributed by atoms with Crippen LogP contribution >= 0.6 is 0 Å². The molecule has 5 rings (SSSR count). The number of aromatic nitrogens is 4. The third-order valence-corrected chi connectivity index (χ3v) is 5.91. The van der Waals surface area contributed by atoms with Crippen LogP contribution in [-0.2, 0) is 16.7 Å². The maximum absolute atomic E-state index is 12.6. The molecule has 0 saturated carbocycles. The Morgan fingerprint density at radius 3 is 2.68 bits per heavy atom. The van der Waals surface area contributed by atoms with Crippen LogP contribution in [0.2, 0.25) is 0 Å². The van der Waals surface area contributed by atoms with Crippen molar-refractivity contribution >= 4 is 34.7 Å². The number of carbonyl (C=O) groups is 2. The molecule has 174 valence electrons. The van der Waals surface area contributed by atoms with Crippen LogP contribution in [0.4, 0.5) is 22.9 Å². The van der Waals surface area contributed by atoms with E-state index in [4.69, 9.17) is 4.84 Å². The molecule has 11 heteroatoms. The van der Waals surface area contributed by atoms with Gasteiger partial charge in [0, 0.05) is 37.5 Å². The number of nitrogens with zero attached hydrogens (tertiary/aromatic N) is 5. The average Bonchev–Trinajstić information content (AvgIpc) is 3.59. The molecule has 2 aromatic heterocycles. The molecule has 0 fully saturated rings. The summed E-state index contributed by atoms with van der Waals surface area (Å²) in [7, 11) is 5.16. The number of allylic oxidation sites excluding steroid dienone is 1. The highest BCUT2D eigenvalue weighted by atomic mass is 16.6. The zero-order valence-corrected chi connectivity index (χ0v) is 19.2. The summed E-state index contributed by atoms with van der Waals surface area (Å²) < 4.78 is 0. The molecule has 1 aliphatic heterocycles. The Morgan fingerprint density at radius 2 is 1.94 bits per heavy atom. The van der Waals surface area contributed by atoms with Crippen LogP contribution in [0.15, 0.2) is 42.1 Å². The number of para-hydroxylation sites is 1. The van der Waals surface area contributed by atoms with Crippen LogP contribution in [0, 0.1) is 0 Å². The summed E-state index contributed by atoms with van der Waals surface area (Å²) >= 11 is 0. The van der Waals surface area contributed by atoms with Crippen molar-refractivity contribution in [3.63, 3.8) is 0 Å². The number of hydrogen-bond donors (Lipinski definition) is 3. The van der Waals surface area contributed by atoms with Gasteiger partial charge in [0.1, 0.15) is 17.2 Å². The van der Waals surface area contributed by atoms with E-state index in [0.717, 1.165) is 28.3 Å². The van der Waals surface area contributed by atoms with Crippen molar-refractivity contribution in [2.75, 3.05) is 29.7 Å². The number of benzene rings is 1. The van der Waals surface area contributed by atoms with Gasteiger partial charge >= 0.3 is 0 Å². The fraction of sp³-hybridized carbons (Fsp3) is 0.261. The molecule has 2 amide bonds. The van der Waals surface area contributed by atoms with Crippen LogP contribution in [0.25, 0.3) is 11.3 Å². The van der Waals surface area contributed by atoms with Crippen LogP contribution in [0.5, 0.6) is 0 Å². The number of amides is 2. The second-order valence-electron chi connectivity index (χ2n) is 8.17. The lowest BCUT2D eigenvalue weighted by Crippen LogP contribution is -2.27. The highest BCUT2D eigenvalue weighted by Crippen LogP contribution is 2.46. The lowest BCUT2D eigenvalue weighted by atomic mass is 9.96. The zero-order chi connectivity index (χ0) is 24.0. The molecule has 0 radical (unpaired) electrons. The first-order valence-electron chi connectivity index (χ1n) is 10.8. The molecule has 3 heterocycles. The number of fused-ring (bicyclic) bond motifs is 3. The van der Waals surface area contributed by atoms with Gasteiger partial charge in [-0.05, 0) is 19.4 Å². The number of carbonyl (C=O) groups excluding carboxylic acids is 2. The number of rotatable bonds is 6. The highest BCUT2D eigenvalue weighted by Gasteiger charge is 2.32. The van der Waals surface area contributed by atoms with E-state index in [0.29, 0.717) is 23.5 Å². The summed E-state index contributed by atoms with van der Waals surface area (Å²) in [5.41, 5.74) is 8.10.